The molecule has 18 heavy (non-hydrogen) atoms. The van der Waals surface area contributed by atoms with Crippen LogP contribution in [0.4, 0.5) is 4.39 Å². The monoisotopic (exact) mass is 292 g/mol. The lowest BCUT2D eigenvalue weighted by atomic mass is 10.1. The van der Waals surface area contributed by atoms with Crippen LogP contribution >= 0.6 is 24.0 Å². The lowest BCUT2D eigenvalue weighted by Crippen LogP contribution is -2.33. The molecule has 0 radical (unpaired) electrons. The van der Waals surface area contributed by atoms with Gasteiger partial charge in [0.15, 0.2) is 0 Å². The second-order valence-corrected chi connectivity index (χ2v) is 4.67. The SMILES string of the molecule is Cl.N[C@H]1CCN(C(=O)Cc2c(F)cccc2Cl)C1. The van der Waals surface area contributed by atoms with Crippen molar-refractivity contribution in [2.24, 2.45) is 5.73 Å². The number of carbonyl (C=O) groups excluding carboxylic acids is 1. The summed E-state index contributed by atoms with van der Waals surface area (Å²) in [6.07, 6.45) is 0.801. The third kappa shape index (κ3) is 3.34. The topological polar surface area (TPSA) is 46.3 Å². The molecular weight excluding hydrogens is 278 g/mol. The van der Waals surface area contributed by atoms with Crippen molar-refractivity contribution in [2.45, 2.75) is 18.9 Å². The lowest BCUT2D eigenvalue weighted by Gasteiger charge is -2.16. The van der Waals surface area contributed by atoms with Crippen LogP contribution in [0.15, 0.2) is 18.2 Å². The average molecular weight is 293 g/mol. The maximum absolute atomic E-state index is 13.5. The molecule has 0 aliphatic carbocycles. The molecule has 1 saturated heterocycles. The number of benzene rings is 1. The molecule has 1 aliphatic heterocycles. The number of likely N-dealkylation sites (tertiary alicyclic amines) is 1. The summed E-state index contributed by atoms with van der Waals surface area (Å²) in [5.41, 5.74) is 5.99. The summed E-state index contributed by atoms with van der Waals surface area (Å²) in [5.74, 6) is -0.556. The first-order valence-electron chi connectivity index (χ1n) is 5.54. The molecule has 2 N–H and O–H groups in total. The molecule has 1 amide bonds. The van der Waals surface area contributed by atoms with Crippen LogP contribution in [0.3, 0.4) is 0 Å². The van der Waals surface area contributed by atoms with Crippen molar-refractivity contribution in [3.05, 3.63) is 34.6 Å². The predicted octanol–water partition coefficient (Wildman–Crippen LogP) is 2.00. The van der Waals surface area contributed by atoms with E-state index < -0.39 is 5.82 Å². The van der Waals surface area contributed by atoms with Crippen molar-refractivity contribution in [3.8, 4) is 0 Å². The van der Waals surface area contributed by atoms with Crippen molar-refractivity contribution >= 4 is 29.9 Å². The summed E-state index contributed by atoms with van der Waals surface area (Å²) < 4.78 is 13.5. The van der Waals surface area contributed by atoms with Crippen molar-refractivity contribution < 1.29 is 9.18 Å². The summed E-state index contributed by atoms with van der Waals surface area (Å²) in [5, 5.41) is 0.293. The molecule has 3 nitrogen and oxygen atoms in total. The number of hydrogen-bond donors (Lipinski definition) is 1. The molecule has 1 fully saturated rings. The molecule has 6 heteroatoms. The van der Waals surface area contributed by atoms with E-state index >= 15 is 0 Å². The van der Waals surface area contributed by atoms with E-state index in [0.717, 1.165) is 6.42 Å². The standard InChI is InChI=1S/C12H14ClFN2O.ClH/c13-10-2-1-3-11(14)9(10)6-12(17)16-5-4-8(15)7-16;/h1-3,8H,4-7,15H2;1H/t8-;/m0./s1. The van der Waals surface area contributed by atoms with Gasteiger partial charge in [-0.15, -0.1) is 12.4 Å². The van der Waals surface area contributed by atoms with Gasteiger partial charge in [-0.1, -0.05) is 17.7 Å². The van der Waals surface area contributed by atoms with Crippen LogP contribution in [-0.4, -0.2) is 29.9 Å². The van der Waals surface area contributed by atoms with Gasteiger partial charge in [0.1, 0.15) is 5.82 Å². The highest BCUT2D eigenvalue weighted by Gasteiger charge is 2.24. The molecule has 1 aromatic carbocycles. The lowest BCUT2D eigenvalue weighted by molar-refractivity contribution is -0.129. The van der Waals surface area contributed by atoms with Gasteiger partial charge in [-0.3, -0.25) is 4.79 Å². The largest absolute Gasteiger partial charge is 0.341 e. The van der Waals surface area contributed by atoms with Gasteiger partial charge in [0.25, 0.3) is 0 Å². The average Bonchev–Trinajstić information content (AvgIpc) is 2.70. The maximum atomic E-state index is 13.5. The van der Waals surface area contributed by atoms with Crippen LogP contribution in [0.2, 0.25) is 5.02 Å². The molecular formula is C12H15Cl2FN2O. The molecule has 0 bridgehead atoms. The molecule has 0 saturated carbocycles. The van der Waals surface area contributed by atoms with Gasteiger partial charge in [0.05, 0.1) is 6.42 Å². The van der Waals surface area contributed by atoms with Gasteiger partial charge in [-0.2, -0.15) is 0 Å². The van der Waals surface area contributed by atoms with Crippen molar-refractivity contribution in [3.63, 3.8) is 0 Å². The second kappa shape index (κ2) is 6.36. The van der Waals surface area contributed by atoms with E-state index in [4.69, 9.17) is 17.3 Å². The van der Waals surface area contributed by atoms with Gasteiger partial charge >= 0.3 is 0 Å². The summed E-state index contributed by atoms with van der Waals surface area (Å²) in [4.78, 5) is 13.6. The molecule has 1 heterocycles. The smallest absolute Gasteiger partial charge is 0.227 e. The molecule has 0 spiro atoms. The highest BCUT2D eigenvalue weighted by atomic mass is 35.5. The fraction of sp³-hybridized carbons (Fsp3) is 0.417. The zero-order valence-electron chi connectivity index (χ0n) is 9.73. The zero-order valence-corrected chi connectivity index (χ0v) is 11.3. The first-order chi connectivity index (χ1) is 8.08. The maximum Gasteiger partial charge on any atom is 0.227 e. The van der Waals surface area contributed by atoms with E-state index in [9.17, 15) is 9.18 Å². The van der Waals surface area contributed by atoms with Crippen LogP contribution in [0.25, 0.3) is 0 Å². The highest BCUT2D eigenvalue weighted by molar-refractivity contribution is 6.31. The van der Waals surface area contributed by atoms with Crippen molar-refractivity contribution in [1.29, 1.82) is 0 Å². The first kappa shape index (κ1) is 15.2. The molecule has 0 aromatic heterocycles. The fourth-order valence-corrected chi connectivity index (χ4v) is 2.21. The Morgan fingerprint density at radius 3 is 2.83 bits per heavy atom. The van der Waals surface area contributed by atoms with Crippen LogP contribution < -0.4 is 5.73 Å². The van der Waals surface area contributed by atoms with E-state index in [1.165, 1.54) is 12.1 Å². The summed E-state index contributed by atoms with van der Waals surface area (Å²) in [6, 6.07) is 4.46. The highest BCUT2D eigenvalue weighted by Crippen LogP contribution is 2.20. The Morgan fingerprint density at radius 2 is 2.28 bits per heavy atom. The van der Waals surface area contributed by atoms with E-state index in [2.05, 4.69) is 0 Å². The number of hydrogen-bond acceptors (Lipinski definition) is 2. The Bertz CT molecular complexity index is 422. The van der Waals surface area contributed by atoms with E-state index in [0.29, 0.717) is 18.1 Å². The van der Waals surface area contributed by atoms with Gasteiger partial charge in [-0.25, -0.2) is 4.39 Å². The van der Waals surface area contributed by atoms with E-state index in [1.807, 2.05) is 0 Å². The van der Waals surface area contributed by atoms with Crippen LogP contribution in [0, 0.1) is 5.82 Å². The van der Waals surface area contributed by atoms with Gasteiger partial charge in [0, 0.05) is 29.7 Å². The minimum Gasteiger partial charge on any atom is -0.341 e. The summed E-state index contributed by atoms with van der Waals surface area (Å²) in [7, 11) is 0. The number of nitrogens with two attached hydrogens (primary N) is 1. The predicted molar refractivity (Wildman–Crippen MR) is 71.5 cm³/mol. The van der Waals surface area contributed by atoms with Gasteiger partial charge < -0.3 is 10.6 Å². The molecule has 1 aliphatic rings. The van der Waals surface area contributed by atoms with Crippen LogP contribution in [0.1, 0.15) is 12.0 Å². The number of rotatable bonds is 2. The van der Waals surface area contributed by atoms with Crippen molar-refractivity contribution in [2.75, 3.05) is 13.1 Å². The molecule has 1 atom stereocenters. The fourth-order valence-electron chi connectivity index (χ4n) is 1.98. The van der Waals surface area contributed by atoms with Gasteiger partial charge in [-0.05, 0) is 18.6 Å². The Hall–Kier alpha value is -0.840. The second-order valence-electron chi connectivity index (χ2n) is 4.27. The minimum atomic E-state index is -0.436. The zero-order chi connectivity index (χ0) is 12.4. The number of nitrogens with zero attached hydrogens (tertiary/aromatic N) is 1. The molecule has 2 rings (SSSR count). The Morgan fingerprint density at radius 1 is 1.56 bits per heavy atom. The third-order valence-corrected chi connectivity index (χ3v) is 3.32. The molecule has 0 unspecified atom stereocenters. The minimum absolute atomic E-state index is 0. The normalized spacial score (nSPS) is 18.6. The van der Waals surface area contributed by atoms with E-state index in [-0.39, 0.29) is 36.3 Å². The number of amides is 1. The number of halogens is 3. The Balaban J connectivity index is 0.00000162. The molecule has 100 valence electrons. The quantitative estimate of drug-likeness (QED) is 0.906. The Kier molecular flexibility index (Phi) is 5.38. The van der Waals surface area contributed by atoms with Crippen molar-refractivity contribution in [1.82, 2.24) is 4.90 Å². The number of carbonyl (C=O) groups is 1. The van der Waals surface area contributed by atoms with Gasteiger partial charge in [0.2, 0.25) is 5.91 Å². The molecule has 1 aromatic rings. The van der Waals surface area contributed by atoms with Crippen LogP contribution in [-0.2, 0) is 11.2 Å². The third-order valence-electron chi connectivity index (χ3n) is 2.97. The van der Waals surface area contributed by atoms with Crippen LogP contribution in [0.5, 0.6) is 0 Å². The van der Waals surface area contributed by atoms with E-state index in [1.54, 1.807) is 11.0 Å². The first-order valence-corrected chi connectivity index (χ1v) is 5.92. The summed E-state index contributed by atoms with van der Waals surface area (Å²) >= 11 is 5.87. The summed E-state index contributed by atoms with van der Waals surface area (Å²) in [6.45, 7) is 1.19. The Labute approximate surface area is 116 Å².